The van der Waals surface area contributed by atoms with Gasteiger partial charge in [0.15, 0.2) is 0 Å². The van der Waals surface area contributed by atoms with E-state index >= 15 is 0 Å². The monoisotopic (exact) mass is 278 g/mol. The Morgan fingerprint density at radius 2 is 1.95 bits per heavy atom. The fourth-order valence-corrected chi connectivity index (χ4v) is 1.84. The number of carbonyl (C=O) groups excluding carboxylic acids is 1. The standard InChI is InChI=1S/C16H26N2O2/c1-13(2)20-12-4-3-11-18-16(19)15-7-5-14(6-8-15)9-10-17/h5-8,13H,3-4,9-12,17H2,1-2H3,(H,18,19). The van der Waals surface area contributed by atoms with E-state index in [2.05, 4.69) is 5.32 Å². The normalized spacial score (nSPS) is 10.8. The summed E-state index contributed by atoms with van der Waals surface area (Å²) in [6.45, 7) is 6.11. The maximum absolute atomic E-state index is 11.9. The third kappa shape index (κ3) is 6.68. The molecule has 4 heteroatoms. The van der Waals surface area contributed by atoms with Crippen LogP contribution in [-0.4, -0.2) is 31.7 Å². The molecule has 1 aromatic rings. The minimum atomic E-state index is -0.0194. The van der Waals surface area contributed by atoms with Crippen LogP contribution in [0.1, 0.15) is 42.6 Å². The first-order valence-electron chi connectivity index (χ1n) is 7.32. The van der Waals surface area contributed by atoms with Crippen molar-refractivity contribution in [1.82, 2.24) is 5.32 Å². The Morgan fingerprint density at radius 3 is 2.55 bits per heavy atom. The highest BCUT2D eigenvalue weighted by atomic mass is 16.5. The van der Waals surface area contributed by atoms with Crippen LogP contribution in [0.4, 0.5) is 0 Å². The molecular formula is C16H26N2O2. The average molecular weight is 278 g/mol. The molecule has 0 aliphatic rings. The molecule has 0 radical (unpaired) electrons. The number of ether oxygens (including phenoxy) is 1. The molecule has 0 fully saturated rings. The zero-order valence-corrected chi connectivity index (χ0v) is 12.5. The first-order chi connectivity index (χ1) is 9.63. The molecule has 0 heterocycles. The number of hydrogen-bond donors (Lipinski definition) is 2. The van der Waals surface area contributed by atoms with Crippen molar-refractivity contribution in [2.45, 2.75) is 39.2 Å². The molecule has 0 unspecified atom stereocenters. The van der Waals surface area contributed by atoms with Crippen LogP contribution in [-0.2, 0) is 11.2 Å². The average Bonchev–Trinajstić information content (AvgIpc) is 2.43. The predicted molar refractivity (Wildman–Crippen MR) is 81.9 cm³/mol. The van der Waals surface area contributed by atoms with E-state index in [1.807, 2.05) is 38.1 Å². The summed E-state index contributed by atoms with van der Waals surface area (Å²) in [5, 5.41) is 2.92. The lowest BCUT2D eigenvalue weighted by atomic mass is 10.1. The van der Waals surface area contributed by atoms with Gasteiger partial charge in [0.2, 0.25) is 0 Å². The molecule has 0 bridgehead atoms. The van der Waals surface area contributed by atoms with Gasteiger partial charge >= 0.3 is 0 Å². The number of nitrogens with two attached hydrogens (primary N) is 1. The summed E-state index contributed by atoms with van der Waals surface area (Å²) in [4.78, 5) is 11.9. The third-order valence-corrected chi connectivity index (χ3v) is 2.96. The van der Waals surface area contributed by atoms with Crippen LogP contribution in [0.5, 0.6) is 0 Å². The highest BCUT2D eigenvalue weighted by Crippen LogP contribution is 2.05. The SMILES string of the molecule is CC(C)OCCCCNC(=O)c1ccc(CCN)cc1. The Bertz CT molecular complexity index is 388. The molecule has 4 nitrogen and oxygen atoms in total. The van der Waals surface area contributed by atoms with Crippen molar-refractivity contribution in [1.29, 1.82) is 0 Å². The topological polar surface area (TPSA) is 64.3 Å². The molecule has 1 amide bonds. The molecular weight excluding hydrogens is 252 g/mol. The molecule has 0 aliphatic heterocycles. The quantitative estimate of drug-likeness (QED) is 0.680. The summed E-state index contributed by atoms with van der Waals surface area (Å²) < 4.78 is 5.45. The van der Waals surface area contributed by atoms with Crippen molar-refractivity contribution in [3.63, 3.8) is 0 Å². The number of benzene rings is 1. The van der Waals surface area contributed by atoms with Gasteiger partial charge in [0.05, 0.1) is 6.10 Å². The highest BCUT2D eigenvalue weighted by Gasteiger charge is 2.04. The lowest BCUT2D eigenvalue weighted by molar-refractivity contribution is 0.0754. The minimum absolute atomic E-state index is 0.0194. The second kappa shape index (κ2) is 9.50. The summed E-state index contributed by atoms with van der Waals surface area (Å²) in [5.41, 5.74) is 7.35. The van der Waals surface area contributed by atoms with E-state index in [0.717, 1.165) is 31.4 Å². The predicted octanol–water partition coefficient (Wildman–Crippen LogP) is 2.12. The molecule has 20 heavy (non-hydrogen) atoms. The summed E-state index contributed by atoms with van der Waals surface area (Å²) in [7, 11) is 0. The van der Waals surface area contributed by atoms with Crippen molar-refractivity contribution in [2.24, 2.45) is 5.73 Å². The fraction of sp³-hybridized carbons (Fsp3) is 0.562. The van der Waals surface area contributed by atoms with E-state index in [4.69, 9.17) is 10.5 Å². The Balaban J connectivity index is 2.22. The van der Waals surface area contributed by atoms with E-state index in [-0.39, 0.29) is 12.0 Å². The highest BCUT2D eigenvalue weighted by molar-refractivity contribution is 5.94. The van der Waals surface area contributed by atoms with Gasteiger partial charge in [-0.2, -0.15) is 0 Å². The van der Waals surface area contributed by atoms with Crippen molar-refractivity contribution < 1.29 is 9.53 Å². The molecule has 1 aromatic carbocycles. The molecule has 0 atom stereocenters. The first kappa shape index (κ1) is 16.7. The van der Waals surface area contributed by atoms with Crippen molar-refractivity contribution in [3.05, 3.63) is 35.4 Å². The van der Waals surface area contributed by atoms with E-state index in [1.54, 1.807) is 0 Å². The van der Waals surface area contributed by atoms with Crippen LogP contribution in [0, 0.1) is 0 Å². The van der Waals surface area contributed by atoms with Crippen LogP contribution < -0.4 is 11.1 Å². The lowest BCUT2D eigenvalue weighted by Crippen LogP contribution is -2.24. The smallest absolute Gasteiger partial charge is 0.251 e. The van der Waals surface area contributed by atoms with E-state index in [0.29, 0.717) is 18.7 Å². The van der Waals surface area contributed by atoms with Gasteiger partial charge in [-0.15, -0.1) is 0 Å². The van der Waals surface area contributed by atoms with Crippen molar-refractivity contribution in [2.75, 3.05) is 19.7 Å². The van der Waals surface area contributed by atoms with Gasteiger partial charge in [-0.3, -0.25) is 4.79 Å². The van der Waals surface area contributed by atoms with Crippen molar-refractivity contribution >= 4 is 5.91 Å². The van der Waals surface area contributed by atoms with Gasteiger partial charge in [0.1, 0.15) is 0 Å². The summed E-state index contributed by atoms with van der Waals surface area (Å²) in [6, 6.07) is 7.61. The Morgan fingerprint density at radius 1 is 1.25 bits per heavy atom. The number of hydrogen-bond acceptors (Lipinski definition) is 3. The largest absolute Gasteiger partial charge is 0.379 e. The van der Waals surface area contributed by atoms with Gasteiger partial charge in [0.25, 0.3) is 5.91 Å². The van der Waals surface area contributed by atoms with Gasteiger partial charge in [0, 0.05) is 18.7 Å². The van der Waals surface area contributed by atoms with Crippen LogP contribution >= 0.6 is 0 Å². The van der Waals surface area contributed by atoms with Gasteiger partial charge in [-0.1, -0.05) is 12.1 Å². The van der Waals surface area contributed by atoms with Crippen LogP contribution in [0.25, 0.3) is 0 Å². The molecule has 3 N–H and O–H groups in total. The molecule has 0 saturated heterocycles. The lowest BCUT2D eigenvalue weighted by Gasteiger charge is -2.08. The molecule has 112 valence electrons. The Kier molecular flexibility index (Phi) is 7.92. The van der Waals surface area contributed by atoms with E-state index in [9.17, 15) is 4.79 Å². The first-order valence-corrected chi connectivity index (χ1v) is 7.32. The van der Waals surface area contributed by atoms with Crippen LogP contribution in [0.15, 0.2) is 24.3 Å². The van der Waals surface area contributed by atoms with E-state index < -0.39 is 0 Å². The van der Waals surface area contributed by atoms with Crippen LogP contribution in [0.3, 0.4) is 0 Å². The van der Waals surface area contributed by atoms with Crippen LogP contribution in [0.2, 0.25) is 0 Å². The van der Waals surface area contributed by atoms with Gasteiger partial charge in [-0.25, -0.2) is 0 Å². The Labute approximate surface area is 121 Å². The number of amides is 1. The van der Waals surface area contributed by atoms with Gasteiger partial charge < -0.3 is 15.8 Å². The summed E-state index contributed by atoms with van der Waals surface area (Å²) in [5.74, 6) is -0.0194. The number of rotatable bonds is 9. The summed E-state index contributed by atoms with van der Waals surface area (Å²) >= 11 is 0. The zero-order chi connectivity index (χ0) is 14.8. The maximum Gasteiger partial charge on any atom is 0.251 e. The number of nitrogens with one attached hydrogen (secondary N) is 1. The second-order valence-electron chi connectivity index (χ2n) is 5.12. The molecule has 0 aliphatic carbocycles. The maximum atomic E-state index is 11.9. The zero-order valence-electron chi connectivity index (χ0n) is 12.5. The number of carbonyl (C=O) groups is 1. The molecule has 0 spiro atoms. The molecule has 0 saturated carbocycles. The minimum Gasteiger partial charge on any atom is -0.379 e. The fourth-order valence-electron chi connectivity index (χ4n) is 1.84. The summed E-state index contributed by atoms with van der Waals surface area (Å²) in [6.07, 6.45) is 3.02. The Hall–Kier alpha value is -1.39. The number of unbranched alkanes of at least 4 members (excludes halogenated alkanes) is 1. The van der Waals surface area contributed by atoms with Crippen molar-refractivity contribution in [3.8, 4) is 0 Å². The third-order valence-electron chi connectivity index (χ3n) is 2.96. The second-order valence-corrected chi connectivity index (χ2v) is 5.12. The molecule has 0 aromatic heterocycles. The van der Waals surface area contributed by atoms with Gasteiger partial charge in [-0.05, 0) is 57.4 Å². The molecule has 1 rings (SSSR count). The van der Waals surface area contributed by atoms with E-state index in [1.165, 1.54) is 0 Å².